The minimum Gasteiger partial charge on any atom is -0.206 e. The summed E-state index contributed by atoms with van der Waals surface area (Å²) in [6, 6.07) is 7.23. The Kier molecular flexibility index (Phi) is 4.71. The third-order valence-corrected chi connectivity index (χ3v) is 8.27. The average molecular weight is 362 g/mol. The molecule has 0 spiro atoms. The Bertz CT molecular complexity index is 694. The maximum Gasteiger partial charge on any atom is 0.253 e. The van der Waals surface area contributed by atoms with Crippen molar-refractivity contribution in [3.8, 4) is 0 Å². The Labute approximate surface area is 138 Å². The second-order valence-corrected chi connectivity index (χ2v) is 9.87. The highest BCUT2D eigenvalue weighted by Crippen LogP contribution is 2.38. The Morgan fingerprint density at radius 2 is 2.05 bits per heavy atom. The summed E-state index contributed by atoms with van der Waals surface area (Å²) in [6.45, 7) is 0.584. The summed E-state index contributed by atoms with van der Waals surface area (Å²) in [5.74, 6) is 0. The number of halogens is 1. The second kappa shape index (κ2) is 6.38. The molecule has 0 bridgehead atoms. The van der Waals surface area contributed by atoms with E-state index < -0.39 is 10.0 Å². The van der Waals surface area contributed by atoms with Gasteiger partial charge in [-0.2, -0.15) is 4.31 Å². The zero-order valence-electron chi connectivity index (χ0n) is 11.4. The molecule has 3 rings (SSSR count). The fourth-order valence-electron chi connectivity index (χ4n) is 2.69. The van der Waals surface area contributed by atoms with Crippen molar-refractivity contribution in [1.82, 2.24) is 4.31 Å². The molecule has 0 aliphatic carbocycles. The summed E-state index contributed by atoms with van der Waals surface area (Å²) in [6.07, 6.45) is 3.96. The van der Waals surface area contributed by atoms with Crippen LogP contribution in [0.1, 0.15) is 36.6 Å². The quantitative estimate of drug-likeness (QED) is 0.789. The minimum atomic E-state index is -3.47. The van der Waals surface area contributed by atoms with Crippen LogP contribution in [0.25, 0.3) is 0 Å². The molecule has 114 valence electrons. The van der Waals surface area contributed by atoms with E-state index in [2.05, 4.69) is 0 Å². The van der Waals surface area contributed by atoms with Gasteiger partial charge in [-0.1, -0.05) is 30.5 Å². The molecule has 2 aromatic rings. The van der Waals surface area contributed by atoms with Crippen LogP contribution in [0.5, 0.6) is 0 Å². The Balaban J connectivity index is 1.99. The van der Waals surface area contributed by atoms with E-state index in [4.69, 9.17) is 11.6 Å². The third kappa shape index (κ3) is 3.19. The molecule has 3 nitrogen and oxygen atoms in total. The van der Waals surface area contributed by atoms with Crippen LogP contribution in [0.3, 0.4) is 0 Å². The lowest BCUT2D eigenvalue weighted by atomic mass is 10.1. The van der Waals surface area contributed by atoms with Crippen LogP contribution >= 0.6 is 34.3 Å². The number of hydrogen-bond acceptors (Lipinski definition) is 4. The van der Waals surface area contributed by atoms with Gasteiger partial charge in [0, 0.05) is 11.4 Å². The smallest absolute Gasteiger partial charge is 0.206 e. The van der Waals surface area contributed by atoms with E-state index in [0.717, 1.165) is 41.9 Å². The molecule has 0 amide bonds. The molecule has 1 fully saturated rings. The number of hydrogen-bond donors (Lipinski definition) is 0. The van der Waals surface area contributed by atoms with Crippen molar-refractivity contribution in [3.05, 3.63) is 38.9 Å². The highest BCUT2D eigenvalue weighted by Gasteiger charge is 2.34. The van der Waals surface area contributed by atoms with Gasteiger partial charge >= 0.3 is 0 Å². The van der Waals surface area contributed by atoms with Crippen LogP contribution < -0.4 is 0 Å². The summed E-state index contributed by atoms with van der Waals surface area (Å²) in [7, 11) is -3.47. The molecule has 0 radical (unpaired) electrons. The van der Waals surface area contributed by atoms with Crippen LogP contribution in [0.2, 0.25) is 4.34 Å². The van der Waals surface area contributed by atoms with Gasteiger partial charge in [0.05, 0.1) is 10.4 Å². The molecule has 1 aliphatic rings. The van der Waals surface area contributed by atoms with Crippen LogP contribution in [0.4, 0.5) is 0 Å². The predicted molar refractivity (Wildman–Crippen MR) is 88.7 cm³/mol. The lowest BCUT2D eigenvalue weighted by molar-refractivity contribution is 0.334. The highest BCUT2D eigenvalue weighted by atomic mass is 35.5. The van der Waals surface area contributed by atoms with E-state index in [0.29, 0.717) is 15.1 Å². The number of thiophene rings is 2. The molecule has 1 atom stereocenters. The van der Waals surface area contributed by atoms with Crippen molar-refractivity contribution in [2.24, 2.45) is 0 Å². The van der Waals surface area contributed by atoms with E-state index in [1.165, 1.54) is 0 Å². The molecular weight excluding hydrogens is 346 g/mol. The second-order valence-electron chi connectivity index (χ2n) is 5.05. The summed E-state index contributed by atoms with van der Waals surface area (Å²) < 4.78 is 28.4. The normalized spacial score (nSPS) is 21.3. The first kappa shape index (κ1) is 15.5. The lowest BCUT2D eigenvalue weighted by Gasteiger charge is -2.27. The first-order chi connectivity index (χ1) is 10.1. The molecular formula is C14H16ClNO2S3. The van der Waals surface area contributed by atoms with Gasteiger partial charge in [-0.15, -0.1) is 22.7 Å². The van der Waals surface area contributed by atoms with Crippen LogP contribution in [-0.4, -0.2) is 19.3 Å². The first-order valence-corrected chi connectivity index (χ1v) is 10.4. The fraction of sp³-hybridized carbons (Fsp3) is 0.429. The van der Waals surface area contributed by atoms with Crippen molar-refractivity contribution < 1.29 is 8.42 Å². The van der Waals surface area contributed by atoms with Crippen molar-refractivity contribution >= 4 is 44.3 Å². The lowest BCUT2D eigenvalue weighted by Crippen LogP contribution is -2.34. The summed E-state index contributed by atoms with van der Waals surface area (Å²) in [5.41, 5.74) is 0. The van der Waals surface area contributed by atoms with Gasteiger partial charge < -0.3 is 0 Å². The van der Waals surface area contributed by atoms with Gasteiger partial charge in [-0.3, -0.25) is 0 Å². The van der Waals surface area contributed by atoms with E-state index >= 15 is 0 Å². The standard InChI is InChI=1S/C14H16ClNO2S3/c15-13-7-8-14(20-13)21(17,18)16-9-3-1-2-5-11(16)12-6-4-10-19-12/h4,6-8,10-11H,1-3,5,9H2. The van der Waals surface area contributed by atoms with Gasteiger partial charge in [-0.25, -0.2) is 8.42 Å². The number of rotatable bonds is 3. The van der Waals surface area contributed by atoms with Gasteiger partial charge in [0.2, 0.25) is 0 Å². The highest BCUT2D eigenvalue weighted by molar-refractivity contribution is 7.91. The minimum absolute atomic E-state index is 0.0432. The summed E-state index contributed by atoms with van der Waals surface area (Å²) in [5, 5.41) is 2.01. The zero-order chi connectivity index (χ0) is 14.9. The van der Waals surface area contributed by atoms with Crippen LogP contribution in [-0.2, 0) is 10.0 Å². The summed E-state index contributed by atoms with van der Waals surface area (Å²) in [4.78, 5) is 1.13. The first-order valence-electron chi connectivity index (χ1n) is 6.89. The monoisotopic (exact) mass is 361 g/mol. The number of sulfonamides is 1. The van der Waals surface area contributed by atoms with Crippen molar-refractivity contribution in [2.45, 2.75) is 35.9 Å². The van der Waals surface area contributed by atoms with E-state index in [9.17, 15) is 8.42 Å². The largest absolute Gasteiger partial charge is 0.253 e. The molecule has 1 saturated heterocycles. The number of nitrogens with zero attached hydrogens (tertiary/aromatic N) is 1. The van der Waals surface area contributed by atoms with Gasteiger partial charge in [0.1, 0.15) is 4.21 Å². The van der Waals surface area contributed by atoms with Gasteiger partial charge in [0.25, 0.3) is 10.0 Å². The van der Waals surface area contributed by atoms with Crippen molar-refractivity contribution in [3.63, 3.8) is 0 Å². The Morgan fingerprint density at radius 1 is 1.19 bits per heavy atom. The SMILES string of the molecule is O=S(=O)(c1ccc(Cl)s1)N1CCCCCC1c1cccs1. The molecule has 0 saturated carbocycles. The summed E-state index contributed by atoms with van der Waals surface area (Å²) >= 11 is 8.67. The zero-order valence-corrected chi connectivity index (χ0v) is 14.6. The van der Waals surface area contributed by atoms with E-state index in [1.807, 2.05) is 17.5 Å². The molecule has 0 aromatic carbocycles. The molecule has 0 N–H and O–H groups in total. The van der Waals surface area contributed by atoms with Gasteiger partial charge in [0.15, 0.2) is 0 Å². The van der Waals surface area contributed by atoms with Crippen molar-refractivity contribution in [2.75, 3.05) is 6.54 Å². The Hall–Kier alpha value is -0.400. The van der Waals surface area contributed by atoms with Crippen molar-refractivity contribution in [1.29, 1.82) is 0 Å². The van der Waals surface area contributed by atoms with Crippen LogP contribution in [0, 0.1) is 0 Å². The van der Waals surface area contributed by atoms with Crippen LogP contribution in [0.15, 0.2) is 33.9 Å². The molecule has 2 aromatic heterocycles. The van der Waals surface area contributed by atoms with E-state index in [1.54, 1.807) is 27.8 Å². The van der Waals surface area contributed by atoms with E-state index in [-0.39, 0.29) is 6.04 Å². The Morgan fingerprint density at radius 3 is 2.71 bits per heavy atom. The molecule has 7 heteroatoms. The molecule has 21 heavy (non-hydrogen) atoms. The topological polar surface area (TPSA) is 37.4 Å². The molecule has 1 unspecified atom stereocenters. The maximum atomic E-state index is 12.9. The maximum absolute atomic E-state index is 12.9. The molecule has 1 aliphatic heterocycles. The third-order valence-electron chi connectivity index (χ3n) is 3.69. The van der Waals surface area contributed by atoms with Gasteiger partial charge in [-0.05, 0) is 36.4 Å². The predicted octanol–water partition coefficient (Wildman–Crippen LogP) is 4.77. The average Bonchev–Trinajstić information content (AvgIpc) is 3.06. The molecule has 3 heterocycles. The fourth-order valence-corrected chi connectivity index (χ4v) is 6.91.